The second-order valence-electron chi connectivity index (χ2n) is 10.7. The number of rotatable bonds is 9. The molecular formula is C34H41N3O. The van der Waals surface area contributed by atoms with Crippen molar-refractivity contribution in [1.29, 1.82) is 0 Å². The highest BCUT2D eigenvalue weighted by atomic mass is 16.5. The van der Waals surface area contributed by atoms with E-state index in [1.54, 1.807) is 7.11 Å². The van der Waals surface area contributed by atoms with Crippen LogP contribution in [0.5, 0.6) is 5.75 Å². The van der Waals surface area contributed by atoms with Gasteiger partial charge in [0.15, 0.2) is 0 Å². The minimum Gasteiger partial charge on any atom is -0.497 e. The quantitative estimate of drug-likeness (QED) is 0.228. The van der Waals surface area contributed by atoms with Crippen LogP contribution in [0.2, 0.25) is 0 Å². The molecule has 3 aromatic carbocycles. The van der Waals surface area contributed by atoms with Crippen molar-refractivity contribution in [1.82, 2.24) is 14.5 Å². The van der Waals surface area contributed by atoms with Gasteiger partial charge in [0, 0.05) is 30.3 Å². The van der Waals surface area contributed by atoms with Gasteiger partial charge in [-0.05, 0) is 62.9 Å². The molecule has 0 aliphatic carbocycles. The van der Waals surface area contributed by atoms with E-state index in [2.05, 4.69) is 103 Å². The lowest BCUT2D eigenvalue weighted by molar-refractivity contribution is 0.137. The first-order valence-corrected chi connectivity index (χ1v) is 14.2. The van der Waals surface area contributed by atoms with Gasteiger partial charge in [-0.15, -0.1) is 0 Å². The highest BCUT2D eigenvalue weighted by Gasteiger charge is 2.28. The zero-order chi connectivity index (χ0) is 26.5. The van der Waals surface area contributed by atoms with Crippen LogP contribution in [0.4, 0.5) is 0 Å². The van der Waals surface area contributed by atoms with Gasteiger partial charge in [-0.3, -0.25) is 4.90 Å². The molecule has 4 nitrogen and oxygen atoms in total. The van der Waals surface area contributed by atoms with E-state index in [0.717, 1.165) is 49.7 Å². The molecule has 0 radical (unpaired) electrons. The monoisotopic (exact) mass is 507 g/mol. The summed E-state index contributed by atoms with van der Waals surface area (Å²) < 4.78 is 7.96. The number of hydrogen-bond acceptors (Lipinski definition) is 3. The Morgan fingerprint density at radius 1 is 0.921 bits per heavy atom. The Labute approximate surface area is 228 Å². The lowest BCUT2D eigenvalue weighted by Crippen LogP contribution is -2.33. The Kier molecular flexibility index (Phi) is 8.29. The molecule has 0 spiro atoms. The van der Waals surface area contributed by atoms with Crippen molar-refractivity contribution in [3.63, 3.8) is 0 Å². The first-order chi connectivity index (χ1) is 18.6. The molecule has 0 amide bonds. The van der Waals surface area contributed by atoms with E-state index in [1.165, 1.54) is 52.8 Å². The summed E-state index contributed by atoms with van der Waals surface area (Å²) in [4.78, 5) is 8.08. The molecule has 4 heteroatoms. The van der Waals surface area contributed by atoms with Crippen LogP contribution in [0.25, 0.3) is 22.6 Å². The van der Waals surface area contributed by atoms with Crippen LogP contribution in [-0.2, 0) is 13.1 Å². The Bertz CT molecular complexity index is 1340. The topological polar surface area (TPSA) is 30.3 Å². The van der Waals surface area contributed by atoms with Crippen molar-refractivity contribution in [2.45, 2.75) is 72.0 Å². The molecule has 0 saturated carbocycles. The number of benzene rings is 3. The average Bonchev–Trinajstić information content (AvgIpc) is 3.30. The van der Waals surface area contributed by atoms with Gasteiger partial charge in [-0.25, -0.2) is 4.98 Å². The van der Waals surface area contributed by atoms with E-state index in [0.29, 0.717) is 6.04 Å². The molecule has 4 aromatic rings. The summed E-state index contributed by atoms with van der Waals surface area (Å²) in [5, 5.41) is 0. The summed E-state index contributed by atoms with van der Waals surface area (Å²) in [5.74, 6) is 2.01. The zero-order valence-electron chi connectivity index (χ0n) is 23.4. The van der Waals surface area contributed by atoms with Crippen LogP contribution in [-0.4, -0.2) is 28.1 Å². The van der Waals surface area contributed by atoms with E-state index < -0.39 is 0 Å². The molecule has 198 valence electrons. The lowest BCUT2D eigenvalue weighted by Gasteiger charge is -2.36. The average molecular weight is 508 g/mol. The largest absolute Gasteiger partial charge is 0.497 e. The third-order valence-electron chi connectivity index (χ3n) is 7.99. The molecule has 1 atom stereocenters. The summed E-state index contributed by atoms with van der Waals surface area (Å²) >= 11 is 0. The molecule has 1 unspecified atom stereocenters. The fourth-order valence-corrected chi connectivity index (χ4v) is 5.75. The van der Waals surface area contributed by atoms with E-state index in [4.69, 9.17) is 9.72 Å². The second-order valence-corrected chi connectivity index (χ2v) is 10.7. The number of ether oxygens (including phenoxy) is 1. The number of piperidine rings is 1. The van der Waals surface area contributed by atoms with Crippen LogP contribution in [0.3, 0.4) is 0 Å². The highest BCUT2D eigenvalue weighted by molar-refractivity contribution is 5.70. The summed E-state index contributed by atoms with van der Waals surface area (Å²) in [7, 11) is 1.73. The van der Waals surface area contributed by atoms with Crippen LogP contribution in [0.1, 0.15) is 67.5 Å². The number of aryl methyl sites for hydroxylation is 2. The Hall–Kier alpha value is -3.37. The minimum absolute atomic E-state index is 0.400. The first kappa shape index (κ1) is 26.2. The van der Waals surface area contributed by atoms with E-state index in [9.17, 15) is 0 Å². The lowest BCUT2D eigenvalue weighted by atomic mass is 9.94. The molecule has 2 heterocycles. The van der Waals surface area contributed by atoms with Crippen molar-refractivity contribution in [3.8, 4) is 28.4 Å². The molecule has 0 N–H and O–H groups in total. The Morgan fingerprint density at radius 2 is 1.68 bits per heavy atom. The minimum atomic E-state index is 0.400. The predicted molar refractivity (Wildman–Crippen MR) is 157 cm³/mol. The normalized spacial score (nSPS) is 16.1. The summed E-state index contributed by atoms with van der Waals surface area (Å²) in [6.07, 6.45) is 5.97. The molecule has 1 aliphatic rings. The number of imidazole rings is 1. The van der Waals surface area contributed by atoms with Gasteiger partial charge in [0.05, 0.1) is 18.5 Å². The van der Waals surface area contributed by atoms with Crippen LogP contribution in [0, 0.1) is 13.8 Å². The van der Waals surface area contributed by atoms with Crippen LogP contribution in [0.15, 0.2) is 72.8 Å². The summed E-state index contributed by atoms with van der Waals surface area (Å²) in [5.41, 5.74) is 8.81. The van der Waals surface area contributed by atoms with Crippen molar-refractivity contribution in [2.24, 2.45) is 0 Å². The summed E-state index contributed by atoms with van der Waals surface area (Å²) in [6.45, 7) is 9.59. The van der Waals surface area contributed by atoms with Crippen molar-refractivity contribution < 1.29 is 4.74 Å². The molecular weight excluding hydrogens is 466 g/mol. The summed E-state index contributed by atoms with van der Waals surface area (Å²) in [6, 6.07) is 26.7. The number of hydrogen-bond donors (Lipinski definition) is 0. The maximum absolute atomic E-state index is 5.43. The Morgan fingerprint density at radius 3 is 2.39 bits per heavy atom. The SMILES string of the molecule is CCCCn1c(-c2ccccc2C)nc(-c2ccc(C)cc2)c1CN1CCCCC1c1ccc(OC)cc1. The number of methoxy groups -OCH3 is 1. The molecule has 1 fully saturated rings. The molecule has 1 aliphatic heterocycles. The number of aromatic nitrogens is 2. The van der Waals surface area contributed by atoms with E-state index in [1.807, 2.05) is 0 Å². The second kappa shape index (κ2) is 12.0. The van der Waals surface area contributed by atoms with Gasteiger partial charge in [-0.1, -0.05) is 86.0 Å². The zero-order valence-corrected chi connectivity index (χ0v) is 23.4. The molecule has 1 aromatic heterocycles. The van der Waals surface area contributed by atoms with Gasteiger partial charge in [0.1, 0.15) is 11.6 Å². The van der Waals surface area contributed by atoms with Gasteiger partial charge in [-0.2, -0.15) is 0 Å². The first-order valence-electron chi connectivity index (χ1n) is 14.2. The number of unbranched alkanes of at least 4 members (excludes halogenated alkanes) is 1. The highest BCUT2D eigenvalue weighted by Crippen LogP contribution is 2.37. The number of nitrogens with zero attached hydrogens (tertiary/aromatic N) is 3. The fourth-order valence-electron chi connectivity index (χ4n) is 5.75. The van der Waals surface area contributed by atoms with E-state index in [-0.39, 0.29) is 0 Å². The third-order valence-corrected chi connectivity index (χ3v) is 7.99. The molecule has 0 bridgehead atoms. The smallest absolute Gasteiger partial charge is 0.141 e. The molecule has 1 saturated heterocycles. The predicted octanol–water partition coefficient (Wildman–Crippen LogP) is 8.37. The maximum atomic E-state index is 5.43. The number of likely N-dealkylation sites (tertiary alicyclic amines) is 1. The molecule has 38 heavy (non-hydrogen) atoms. The van der Waals surface area contributed by atoms with Crippen molar-refractivity contribution in [2.75, 3.05) is 13.7 Å². The van der Waals surface area contributed by atoms with E-state index >= 15 is 0 Å². The van der Waals surface area contributed by atoms with Gasteiger partial charge in [0.2, 0.25) is 0 Å². The van der Waals surface area contributed by atoms with Gasteiger partial charge >= 0.3 is 0 Å². The maximum Gasteiger partial charge on any atom is 0.141 e. The van der Waals surface area contributed by atoms with Crippen molar-refractivity contribution >= 4 is 0 Å². The third kappa shape index (κ3) is 5.56. The standard InChI is InChI=1S/C34H41N3O/c1-5-6-23-37-32(24-36-22-10-9-13-31(36)27-18-20-29(38-4)21-19-27)33(28-16-14-25(2)15-17-28)35-34(37)30-12-8-7-11-26(30)3/h7-8,11-12,14-21,31H,5-6,9-10,13,22-24H2,1-4H3. The van der Waals surface area contributed by atoms with Crippen LogP contribution >= 0.6 is 0 Å². The van der Waals surface area contributed by atoms with Gasteiger partial charge < -0.3 is 9.30 Å². The Balaban J connectivity index is 1.61. The van der Waals surface area contributed by atoms with Crippen LogP contribution < -0.4 is 4.74 Å². The van der Waals surface area contributed by atoms with Crippen molar-refractivity contribution in [3.05, 3.63) is 95.2 Å². The fraction of sp³-hybridized carbons (Fsp3) is 0.382. The molecule has 5 rings (SSSR count). The van der Waals surface area contributed by atoms with Gasteiger partial charge in [0.25, 0.3) is 0 Å².